The van der Waals surface area contributed by atoms with Gasteiger partial charge in [0.2, 0.25) is 0 Å². The van der Waals surface area contributed by atoms with Crippen molar-refractivity contribution in [3.05, 3.63) is 110 Å². The fourth-order valence-electron chi connectivity index (χ4n) is 3.75. The normalized spacial score (nSPS) is 12.0. The number of hydrogen-bond acceptors (Lipinski definition) is 4. The Bertz CT molecular complexity index is 1290. The smallest absolute Gasteiger partial charge is 0.440 e. The van der Waals surface area contributed by atoms with Crippen molar-refractivity contribution in [3.8, 4) is 16.9 Å². The molecular formula is C25H24N2O4. The van der Waals surface area contributed by atoms with Gasteiger partial charge < -0.3 is 9.26 Å². The quantitative estimate of drug-likeness (QED) is 0.498. The third-order valence-electron chi connectivity index (χ3n) is 5.32. The Balaban J connectivity index is 1.49. The highest BCUT2D eigenvalue weighted by Gasteiger charge is 2.11. The van der Waals surface area contributed by atoms with Crippen molar-refractivity contribution >= 4 is 0 Å². The number of ether oxygens (including phenoxy) is 1. The lowest BCUT2D eigenvalue weighted by atomic mass is 9.94. The number of H-pyrrole nitrogens is 1. The van der Waals surface area contributed by atoms with Gasteiger partial charge in [0.05, 0.1) is 6.54 Å². The van der Waals surface area contributed by atoms with Crippen LogP contribution in [0.1, 0.15) is 35.3 Å². The van der Waals surface area contributed by atoms with E-state index in [4.69, 9.17) is 9.26 Å². The first-order chi connectivity index (χ1) is 14.9. The number of aryl methyl sites for hydroxylation is 2. The van der Waals surface area contributed by atoms with E-state index >= 15 is 0 Å². The summed E-state index contributed by atoms with van der Waals surface area (Å²) >= 11 is 0. The van der Waals surface area contributed by atoms with E-state index in [1.165, 1.54) is 22.3 Å². The SMILES string of the molecule is Cc1cccc(C)c1-c1cccc(C(C)Oc2ccc(Cn3oc(=O)[nH]c3=O)cc2)c1. The van der Waals surface area contributed by atoms with E-state index in [2.05, 4.69) is 61.3 Å². The molecule has 1 atom stereocenters. The summed E-state index contributed by atoms with van der Waals surface area (Å²) in [6.07, 6.45) is -0.138. The van der Waals surface area contributed by atoms with Crippen LogP contribution in [0.2, 0.25) is 0 Å². The predicted molar refractivity (Wildman–Crippen MR) is 120 cm³/mol. The van der Waals surface area contributed by atoms with E-state index in [-0.39, 0.29) is 12.6 Å². The predicted octanol–water partition coefficient (Wildman–Crippen LogP) is 4.60. The Kier molecular flexibility index (Phi) is 5.62. The molecule has 3 aromatic carbocycles. The van der Waals surface area contributed by atoms with Gasteiger partial charge in [-0.25, -0.2) is 14.6 Å². The van der Waals surface area contributed by atoms with Gasteiger partial charge >= 0.3 is 11.4 Å². The van der Waals surface area contributed by atoms with Crippen LogP contribution in [0, 0.1) is 13.8 Å². The van der Waals surface area contributed by atoms with Crippen LogP contribution in [0.25, 0.3) is 11.1 Å². The van der Waals surface area contributed by atoms with Crippen molar-refractivity contribution in [2.45, 2.75) is 33.4 Å². The molecule has 0 spiro atoms. The van der Waals surface area contributed by atoms with Gasteiger partial charge in [0, 0.05) is 0 Å². The van der Waals surface area contributed by atoms with Crippen LogP contribution in [0.5, 0.6) is 5.75 Å². The Labute approximate surface area is 179 Å². The fraction of sp³-hybridized carbons (Fsp3) is 0.200. The van der Waals surface area contributed by atoms with Gasteiger partial charge in [-0.15, -0.1) is 4.74 Å². The van der Waals surface area contributed by atoms with Crippen LogP contribution in [-0.4, -0.2) is 9.72 Å². The molecule has 31 heavy (non-hydrogen) atoms. The zero-order chi connectivity index (χ0) is 22.0. The standard InChI is InChI=1S/C25H24N2O4/c1-16-6-4-7-17(2)23(16)21-9-5-8-20(14-21)18(3)30-22-12-10-19(11-13-22)15-27-24(28)26-25(29)31-27/h4-14,18H,15H2,1-3H3,(H,26,28,29). The zero-order valence-electron chi connectivity index (χ0n) is 17.7. The van der Waals surface area contributed by atoms with E-state index in [0.717, 1.165) is 21.6 Å². The molecule has 0 aliphatic heterocycles. The highest BCUT2D eigenvalue weighted by atomic mass is 16.5. The maximum Gasteiger partial charge on any atom is 0.440 e. The highest BCUT2D eigenvalue weighted by molar-refractivity contribution is 5.71. The lowest BCUT2D eigenvalue weighted by Crippen LogP contribution is -2.17. The highest BCUT2D eigenvalue weighted by Crippen LogP contribution is 2.30. The molecule has 1 unspecified atom stereocenters. The number of hydrogen-bond donors (Lipinski definition) is 1. The molecule has 0 bridgehead atoms. The summed E-state index contributed by atoms with van der Waals surface area (Å²) < 4.78 is 11.9. The molecule has 1 N–H and O–H groups in total. The lowest BCUT2D eigenvalue weighted by Gasteiger charge is -2.17. The van der Waals surface area contributed by atoms with Crippen molar-refractivity contribution < 1.29 is 9.26 Å². The molecule has 0 saturated heterocycles. The maximum atomic E-state index is 11.6. The van der Waals surface area contributed by atoms with Crippen molar-refractivity contribution in [1.29, 1.82) is 0 Å². The Morgan fingerprint density at radius 2 is 1.65 bits per heavy atom. The van der Waals surface area contributed by atoms with E-state index in [1.807, 2.05) is 31.2 Å². The second-order valence-electron chi connectivity index (χ2n) is 7.64. The van der Waals surface area contributed by atoms with E-state index in [0.29, 0.717) is 0 Å². The number of aromatic nitrogens is 2. The summed E-state index contributed by atoms with van der Waals surface area (Å²) in [5.41, 5.74) is 6.27. The minimum atomic E-state index is -0.762. The number of nitrogens with one attached hydrogen (secondary N) is 1. The molecule has 6 nitrogen and oxygen atoms in total. The molecule has 6 heteroatoms. The van der Waals surface area contributed by atoms with Crippen molar-refractivity contribution in [2.24, 2.45) is 0 Å². The summed E-state index contributed by atoms with van der Waals surface area (Å²) in [6, 6.07) is 22.1. The van der Waals surface area contributed by atoms with Crippen LogP contribution in [0.3, 0.4) is 0 Å². The summed E-state index contributed by atoms with van der Waals surface area (Å²) in [5.74, 6) is -0.0431. The fourth-order valence-corrected chi connectivity index (χ4v) is 3.75. The van der Waals surface area contributed by atoms with E-state index in [9.17, 15) is 9.59 Å². The van der Waals surface area contributed by atoms with Gasteiger partial charge in [-0.2, -0.15) is 0 Å². The Hall–Kier alpha value is -3.80. The Morgan fingerprint density at radius 1 is 0.968 bits per heavy atom. The first-order valence-corrected chi connectivity index (χ1v) is 10.1. The lowest BCUT2D eigenvalue weighted by molar-refractivity contribution is 0.226. The van der Waals surface area contributed by atoms with Gasteiger partial charge in [0.25, 0.3) is 0 Å². The van der Waals surface area contributed by atoms with Crippen LogP contribution in [0.15, 0.2) is 80.8 Å². The van der Waals surface area contributed by atoms with Gasteiger partial charge in [-0.05, 0) is 72.4 Å². The number of benzene rings is 3. The summed E-state index contributed by atoms with van der Waals surface area (Å²) in [7, 11) is 0. The molecule has 158 valence electrons. The molecule has 1 aromatic heterocycles. The molecule has 4 aromatic rings. The molecular weight excluding hydrogens is 392 g/mol. The molecule has 0 saturated carbocycles. The number of nitrogens with zero attached hydrogens (tertiary/aromatic N) is 1. The first kappa shape index (κ1) is 20.5. The molecule has 0 aliphatic carbocycles. The third-order valence-corrected chi connectivity index (χ3v) is 5.32. The van der Waals surface area contributed by atoms with Crippen LogP contribution in [0.4, 0.5) is 0 Å². The van der Waals surface area contributed by atoms with Gasteiger partial charge in [-0.3, -0.25) is 0 Å². The Morgan fingerprint density at radius 3 is 2.29 bits per heavy atom. The number of rotatable bonds is 6. The first-order valence-electron chi connectivity index (χ1n) is 10.1. The maximum absolute atomic E-state index is 11.6. The summed E-state index contributed by atoms with van der Waals surface area (Å²) in [6.45, 7) is 6.45. The minimum absolute atomic E-state index is 0.138. The van der Waals surface area contributed by atoms with Crippen molar-refractivity contribution in [1.82, 2.24) is 9.72 Å². The van der Waals surface area contributed by atoms with Crippen LogP contribution in [-0.2, 0) is 6.54 Å². The van der Waals surface area contributed by atoms with Gasteiger partial charge in [0.1, 0.15) is 11.9 Å². The second-order valence-corrected chi connectivity index (χ2v) is 7.64. The largest absolute Gasteiger partial charge is 0.486 e. The second kappa shape index (κ2) is 8.52. The van der Waals surface area contributed by atoms with Gasteiger partial charge in [0.15, 0.2) is 0 Å². The molecule has 0 aliphatic rings. The van der Waals surface area contributed by atoms with E-state index in [1.54, 1.807) is 0 Å². The van der Waals surface area contributed by atoms with Crippen molar-refractivity contribution in [3.63, 3.8) is 0 Å². The summed E-state index contributed by atoms with van der Waals surface area (Å²) in [5, 5.41) is 0. The number of aromatic amines is 1. The average molecular weight is 416 g/mol. The monoisotopic (exact) mass is 416 g/mol. The minimum Gasteiger partial charge on any atom is -0.486 e. The van der Waals surface area contributed by atoms with Gasteiger partial charge in [-0.1, -0.05) is 48.5 Å². The van der Waals surface area contributed by atoms with Crippen LogP contribution < -0.4 is 16.2 Å². The van der Waals surface area contributed by atoms with Crippen LogP contribution >= 0.6 is 0 Å². The third kappa shape index (κ3) is 4.53. The molecule has 0 fully saturated rings. The molecule has 1 heterocycles. The average Bonchev–Trinajstić information content (AvgIpc) is 3.06. The van der Waals surface area contributed by atoms with E-state index < -0.39 is 11.4 Å². The topological polar surface area (TPSA) is 77.2 Å². The zero-order valence-corrected chi connectivity index (χ0v) is 17.7. The molecule has 0 radical (unpaired) electrons. The molecule has 4 rings (SSSR count). The summed E-state index contributed by atoms with van der Waals surface area (Å²) in [4.78, 5) is 24.7. The molecule has 0 amide bonds. The van der Waals surface area contributed by atoms with Crippen molar-refractivity contribution in [2.75, 3.05) is 0 Å².